The van der Waals surface area contributed by atoms with Crippen LogP contribution in [0, 0.1) is 0 Å². The van der Waals surface area contributed by atoms with Gasteiger partial charge in [-0.25, -0.2) is 4.98 Å². The highest BCUT2D eigenvalue weighted by atomic mass is 19.4. The maximum absolute atomic E-state index is 12.1. The number of rotatable bonds is 2. The summed E-state index contributed by atoms with van der Waals surface area (Å²) in [6.07, 6.45) is -3.57. The number of nitrogens with one attached hydrogen (secondary N) is 1. The van der Waals surface area contributed by atoms with E-state index in [-0.39, 0.29) is 16.9 Å². The minimum absolute atomic E-state index is 0.0353. The van der Waals surface area contributed by atoms with E-state index in [4.69, 9.17) is 0 Å². The lowest BCUT2D eigenvalue weighted by Gasteiger charge is -2.08. The van der Waals surface area contributed by atoms with E-state index < -0.39 is 11.9 Å². The third-order valence-corrected chi connectivity index (χ3v) is 2.49. The summed E-state index contributed by atoms with van der Waals surface area (Å²) in [6.45, 7) is 0. The first-order chi connectivity index (χ1) is 9.92. The standard InChI is InChI=1S/C11H6F3N5O2/c12-11(13,14)21-7-3-1-6(2-4-7)19-17-8-9(18-19)15-5-16-10(8)20/h1-5H,(H,15,16,18,20). The van der Waals surface area contributed by atoms with Crippen LogP contribution in [-0.2, 0) is 0 Å². The monoisotopic (exact) mass is 297 g/mol. The number of hydrogen-bond donors (Lipinski definition) is 1. The molecule has 2 aromatic heterocycles. The van der Waals surface area contributed by atoms with E-state index in [1.165, 1.54) is 18.5 Å². The zero-order valence-electron chi connectivity index (χ0n) is 10.1. The molecule has 7 nitrogen and oxygen atoms in total. The van der Waals surface area contributed by atoms with Crippen LogP contribution >= 0.6 is 0 Å². The Morgan fingerprint density at radius 2 is 1.86 bits per heavy atom. The first-order valence-corrected chi connectivity index (χ1v) is 5.59. The van der Waals surface area contributed by atoms with Crippen molar-refractivity contribution in [2.75, 3.05) is 0 Å². The molecule has 0 bridgehead atoms. The molecule has 108 valence electrons. The van der Waals surface area contributed by atoms with E-state index in [9.17, 15) is 18.0 Å². The lowest BCUT2D eigenvalue weighted by atomic mass is 10.3. The number of H-pyrrole nitrogens is 1. The van der Waals surface area contributed by atoms with Crippen LogP contribution in [0.5, 0.6) is 5.75 Å². The number of halogens is 3. The predicted octanol–water partition coefficient (Wildman–Crippen LogP) is 1.40. The van der Waals surface area contributed by atoms with Gasteiger partial charge in [0.2, 0.25) is 5.65 Å². The molecule has 0 aliphatic rings. The maximum Gasteiger partial charge on any atom is 0.573 e. The number of fused-ring (bicyclic) bond motifs is 1. The van der Waals surface area contributed by atoms with E-state index in [1.807, 2.05) is 0 Å². The number of benzene rings is 1. The van der Waals surface area contributed by atoms with Gasteiger partial charge in [-0.05, 0) is 24.3 Å². The molecular formula is C11H6F3N5O2. The summed E-state index contributed by atoms with van der Waals surface area (Å²) in [4.78, 5) is 18.8. The van der Waals surface area contributed by atoms with Crippen LogP contribution in [0.25, 0.3) is 16.9 Å². The molecule has 10 heteroatoms. The fourth-order valence-corrected chi connectivity index (χ4v) is 1.65. The number of hydrogen-bond acceptors (Lipinski definition) is 5. The van der Waals surface area contributed by atoms with Gasteiger partial charge in [-0.2, -0.15) is 0 Å². The quantitative estimate of drug-likeness (QED) is 0.772. The van der Waals surface area contributed by atoms with Gasteiger partial charge in [0.1, 0.15) is 5.75 Å². The molecule has 2 heterocycles. The van der Waals surface area contributed by atoms with Crippen LogP contribution in [0.4, 0.5) is 13.2 Å². The third kappa shape index (κ3) is 2.68. The van der Waals surface area contributed by atoms with Gasteiger partial charge in [0.05, 0.1) is 12.0 Å². The molecule has 0 fully saturated rings. The van der Waals surface area contributed by atoms with Gasteiger partial charge in [0.15, 0.2) is 5.52 Å². The molecule has 3 aromatic rings. The smallest absolute Gasteiger partial charge is 0.406 e. The normalized spacial score (nSPS) is 11.8. The number of ether oxygens (including phenoxy) is 1. The van der Waals surface area contributed by atoms with Gasteiger partial charge in [-0.15, -0.1) is 28.2 Å². The van der Waals surface area contributed by atoms with Crippen LogP contribution in [0.3, 0.4) is 0 Å². The Balaban J connectivity index is 1.96. The highest BCUT2D eigenvalue weighted by Crippen LogP contribution is 2.23. The van der Waals surface area contributed by atoms with Crippen molar-refractivity contribution < 1.29 is 17.9 Å². The van der Waals surface area contributed by atoms with Crippen molar-refractivity contribution in [3.8, 4) is 11.4 Å². The average Bonchev–Trinajstić information content (AvgIpc) is 2.83. The molecule has 1 N–H and O–H groups in total. The van der Waals surface area contributed by atoms with Crippen LogP contribution in [0.1, 0.15) is 0 Å². The van der Waals surface area contributed by atoms with Crippen molar-refractivity contribution in [2.24, 2.45) is 0 Å². The maximum atomic E-state index is 12.1. The second kappa shape index (κ2) is 4.58. The Hall–Kier alpha value is -2.91. The summed E-state index contributed by atoms with van der Waals surface area (Å²) in [5.41, 5.74) is 0.0766. The highest BCUT2D eigenvalue weighted by Gasteiger charge is 2.31. The van der Waals surface area contributed by atoms with Crippen LogP contribution in [-0.4, -0.2) is 31.3 Å². The molecule has 0 radical (unpaired) electrons. The van der Waals surface area contributed by atoms with Gasteiger partial charge in [-0.1, -0.05) is 0 Å². The lowest BCUT2D eigenvalue weighted by molar-refractivity contribution is -0.274. The number of aromatic amines is 1. The van der Waals surface area contributed by atoms with Crippen molar-refractivity contribution in [2.45, 2.75) is 6.36 Å². The zero-order chi connectivity index (χ0) is 15.0. The molecule has 0 unspecified atom stereocenters. The first-order valence-electron chi connectivity index (χ1n) is 5.59. The summed E-state index contributed by atoms with van der Waals surface area (Å²) in [5.74, 6) is -0.362. The average molecular weight is 297 g/mol. The van der Waals surface area contributed by atoms with Gasteiger partial charge in [-0.3, -0.25) is 4.79 Å². The van der Waals surface area contributed by atoms with Crippen molar-refractivity contribution in [3.05, 3.63) is 40.9 Å². The number of alkyl halides is 3. The summed E-state index contributed by atoms with van der Waals surface area (Å²) < 4.78 is 39.9. The Morgan fingerprint density at radius 3 is 2.48 bits per heavy atom. The molecule has 0 amide bonds. The minimum atomic E-state index is -4.75. The van der Waals surface area contributed by atoms with E-state index in [2.05, 4.69) is 24.9 Å². The van der Waals surface area contributed by atoms with E-state index >= 15 is 0 Å². The summed E-state index contributed by atoms with van der Waals surface area (Å²) in [6, 6.07) is 4.89. The fourth-order valence-electron chi connectivity index (χ4n) is 1.65. The first kappa shape index (κ1) is 13.1. The molecule has 0 saturated heterocycles. The molecule has 0 saturated carbocycles. The van der Waals surface area contributed by atoms with E-state index in [0.29, 0.717) is 5.69 Å². The predicted molar refractivity (Wildman–Crippen MR) is 64.0 cm³/mol. The third-order valence-electron chi connectivity index (χ3n) is 2.49. The summed E-state index contributed by atoms with van der Waals surface area (Å²) in [7, 11) is 0. The Labute approximate surface area is 114 Å². The molecule has 0 atom stereocenters. The SMILES string of the molecule is O=c1[nH]cnc2nn(-c3ccc(OC(F)(F)F)cc3)nc12. The van der Waals surface area contributed by atoms with Gasteiger partial charge < -0.3 is 9.72 Å². The number of aromatic nitrogens is 5. The van der Waals surface area contributed by atoms with Crippen molar-refractivity contribution in [3.63, 3.8) is 0 Å². The molecule has 21 heavy (non-hydrogen) atoms. The molecule has 1 aromatic carbocycles. The van der Waals surface area contributed by atoms with Gasteiger partial charge in [0.25, 0.3) is 5.56 Å². The molecule has 0 aliphatic carbocycles. The van der Waals surface area contributed by atoms with Crippen molar-refractivity contribution in [1.29, 1.82) is 0 Å². The summed E-state index contributed by atoms with van der Waals surface area (Å²) >= 11 is 0. The summed E-state index contributed by atoms with van der Waals surface area (Å²) in [5, 5.41) is 7.88. The Bertz CT molecular complexity index is 837. The zero-order valence-corrected chi connectivity index (χ0v) is 10.1. The Morgan fingerprint density at radius 1 is 1.14 bits per heavy atom. The Kier molecular flexibility index (Phi) is 2.85. The molecular weight excluding hydrogens is 291 g/mol. The second-order valence-electron chi connectivity index (χ2n) is 3.94. The molecule has 0 spiro atoms. The van der Waals surface area contributed by atoms with Crippen LogP contribution in [0.2, 0.25) is 0 Å². The van der Waals surface area contributed by atoms with Crippen LogP contribution < -0.4 is 10.3 Å². The van der Waals surface area contributed by atoms with Crippen molar-refractivity contribution in [1.82, 2.24) is 25.0 Å². The van der Waals surface area contributed by atoms with Crippen molar-refractivity contribution >= 4 is 11.2 Å². The second-order valence-corrected chi connectivity index (χ2v) is 3.94. The topological polar surface area (TPSA) is 85.7 Å². The lowest BCUT2D eigenvalue weighted by Crippen LogP contribution is -2.17. The number of nitrogens with zero attached hydrogens (tertiary/aromatic N) is 4. The largest absolute Gasteiger partial charge is 0.573 e. The fraction of sp³-hybridized carbons (Fsp3) is 0.0909. The van der Waals surface area contributed by atoms with Gasteiger partial charge in [0, 0.05) is 0 Å². The molecule has 0 aliphatic heterocycles. The van der Waals surface area contributed by atoms with E-state index in [1.54, 1.807) is 0 Å². The minimum Gasteiger partial charge on any atom is -0.406 e. The molecule has 3 rings (SSSR count). The van der Waals surface area contributed by atoms with E-state index in [0.717, 1.165) is 16.9 Å². The highest BCUT2D eigenvalue weighted by molar-refractivity contribution is 5.67. The van der Waals surface area contributed by atoms with Crippen LogP contribution in [0.15, 0.2) is 35.4 Å². The van der Waals surface area contributed by atoms with Gasteiger partial charge >= 0.3 is 6.36 Å².